The lowest BCUT2D eigenvalue weighted by Gasteiger charge is -2.04. The summed E-state index contributed by atoms with van der Waals surface area (Å²) >= 11 is 1.66. The molecule has 0 bridgehead atoms. The zero-order valence-electron chi connectivity index (χ0n) is 9.98. The topological polar surface area (TPSA) is 43.1 Å². The molecule has 2 nitrogen and oxygen atoms in total. The van der Waals surface area contributed by atoms with Gasteiger partial charge in [-0.3, -0.25) is 4.21 Å². The van der Waals surface area contributed by atoms with Crippen molar-refractivity contribution in [3.8, 4) is 0 Å². The quantitative estimate of drug-likeness (QED) is 0.875. The van der Waals surface area contributed by atoms with Crippen molar-refractivity contribution in [1.29, 1.82) is 0 Å². The normalized spacial score (nSPS) is 12.6. The molecular formula is C13H14FNOS2. The Bertz CT molecular complexity index is 580. The van der Waals surface area contributed by atoms with Crippen LogP contribution in [-0.2, 0) is 23.0 Å². The Kier molecular flexibility index (Phi) is 4.14. The molecule has 0 amide bonds. The molecule has 2 aromatic rings. The van der Waals surface area contributed by atoms with Crippen LogP contribution in [0, 0.1) is 5.82 Å². The first-order chi connectivity index (χ1) is 8.60. The lowest BCUT2D eigenvalue weighted by molar-refractivity contribution is 0.627. The Labute approximate surface area is 112 Å². The van der Waals surface area contributed by atoms with Crippen LogP contribution in [0.1, 0.15) is 16.7 Å². The predicted molar refractivity (Wildman–Crippen MR) is 74.6 cm³/mol. The molecule has 0 aliphatic carbocycles. The number of benzene rings is 1. The zero-order valence-corrected chi connectivity index (χ0v) is 11.6. The Hall–Kier alpha value is -1.20. The predicted octanol–water partition coefficient (Wildman–Crippen LogP) is 3.34. The van der Waals surface area contributed by atoms with Crippen LogP contribution in [0.3, 0.4) is 0 Å². The van der Waals surface area contributed by atoms with Crippen molar-refractivity contribution in [1.82, 2.24) is 0 Å². The molecule has 0 fully saturated rings. The van der Waals surface area contributed by atoms with Gasteiger partial charge < -0.3 is 5.73 Å². The lowest BCUT2D eigenvalue weighted by Crippen LogP contribution is -2.00. The largest absolute Gasteiger partial charge is 0.398 e. The standard InChI is InChI=1S/C13H14FNOS2/c1-2-10-4-5-11(17-10)8-18(16)13-6-3-9(14)7-12(13)15/h3-7H,2,8,15H2,1H3. The lowest BCUT2D eigenvalue weighted by atomic mass is 10.3. The van der Waals surface area contributed by atoms with Gasteiger partial charge in [-0.05, 0) is 36.8 Å². The number of anilines is 1. The first-order valence-electron chi connectivity index (χ1n) is 5.61. The van der Waals surface area contributed by atoms with Gasteiger partial charge in [0.1, 0.15) is 5.82 Å². The van der Waals surface area contributed by atoms with Crippen molar-refractivity contribution in [2.75, 3.05) is 5.73 Å². The summed E-state index contributed by atoms with van der Waals surface area (Å²) in [5.74, 6) is 0.0261. The van der Waals surface area contributed by atoms with Crippen molar-refractivity contribution in [2.45, 2.75) is 24.0 Å². The van der Waals surface area contributed by atoms with E-state index in [2.05, 4.69) is 6.92 Å². The summed E-state index contributed by atoms with van der Waals surface area (Å²) < 4.78 is 25.1. The summed E-state index contributed by atoms with van der Waals surface area (Å²) in [4.78, 5) is 2.84. The monoisotopic (exact) mass is 283 g/mol. The fraction of sp³-hybridized carbons (Fsp3) is 0.231. The van der Waals surface area contributed by atoms with Crippen LogP contribution in [0.5, 0.6) is 0 Å². The maximum atomic E-state index is 12.9. The molecule has 2 N–H and O–H groups in total. The molecule has 0 aliphatic rings. The molecule has 0 spiro atoms. The van der Waals surface area contributed by atoms with Gasteiger partial charge >= 0.3 is 0 Å². The summed E-state index contributed by atoms with van der Waals surface area (Å²) in [5.41, 5.74) is 5.93. The number of rotatable bonds is 4. The molecule has 1 aromatic carbocycles. The van der Waals surface area contributed by atoms with Crippen LogP contribution < -0.4 is 5.73 Å². The SMILES string of the molecule is CCc1ccc(CS(=O)c2ccc(F)cc2N)s1. The first kappa shape index (κ1) is 13.2. The van der Waals surface area contributed by atoms with Gasteiger partial charge in [0.2, 0.25) is 0 Å². The zero-order chi connectivity index (χ0) is 13.1. The van der Waals surface area contributed by atoms with E-state index in [9.17, 15) is 8.60 Å². The van der Waals surface area contributed by atoms with E-state index in [-0.39, 0.29) is 5.69 Å². The third-order valence-electron chi connectivity index (χ3n) is 2.56. The fourth-order valence-corrected chi connectivity index (χ4v) is 3.99. The number of hydrogen-bond donors (Lipinski definition) is 1. The van der Waals surface area contributed by atoms with Crippen molar-refractivity contribution < 1.29 is 8.60 Å². The van der Waals surface area contributed by atoms with Crippen LogP contribution in [0.4, 0.5) is 10.1 Å². The maximum Gasteiger partial charge on any atom is 0.125 e. The third kappa shape index (κ3) is 2.97. The molecule has 0 saturated heterocycles. The minimum Gasteiger partial charge on any atom is -0.398 e. The molecule has 18 heavy (non-hydrogen) atoms. The number of nitrogen functional groups attached to an aromatic ring is 1. The highest BCUT2D eigenvalue weighted by atomic mass is 32.2. The third-order valence-corrected chi connectivity index (χ3v) is 5.40. The van der Waals surface area contributed by atoms with Crippen LogP contribution in [0.2, 0.25) is 0 Å². The molecule has 0 radical (unpaired) electrons. The van der Waals surface area contributed by atoms with Gasteiger partial charge in [0.05, 0.1) is 27.1 Å². The fourth-order valence-electron chi connectivity index (χ4n) is 1.62. The van der Waals surface area contributed by atoms with Gasteiger partial charge in [0.15, 0.2) is 0 Å². The average molecular weight is 283 g/mol. The van der Waals surface area contributed by atoms with E-state index in [1.54, 1.807) is 11.3 Å². The number of nitrogens with two attached hydrogens (primary N) is 1. The van der Waals surface area contributed by atoms with E-state index in [1.807, 2.05) is 12.1 Å². The van der Waals surface area contributed by atoms with Crippen molar-refractivity contribution >= 4 is 27.8 Å². The number of aryl methyl sites for hydroxylation is 1. The maximum absolute atomic E-state index is 12.9. The van der Waals surface area contributed by atoms with E-state index in [1.165, 1.54) is 23.1 Å². The summed E-state index contributed by atoms with van der Waals surface area (Å²) in [6.45, 7) is 2.09. The summed E-state index contributed by atoms with van der Waals surface area (Å²) in [6.07, 6.45) is 0.982. The van der Waals surface area contributed by atoms with E-state index in [0.29, 0.717) is 10.6 Å². The van der Waals surface area contributed by atoms with Gasteiger partial charge in [-0.1, -0.05) is 6.92 Å². The average Bonchev–Trinajstić information content (AvgIpc) is 2.76. The summed E-state index contributed by atoms with van der Waals surface area (Å²) in [6, 6.07) is 8.02. The molecule has 0 saturated carbocycles. The van der Waals surface area contributed by atoms with Crippen molar-refractivity contribution in [2.24, 2.45) is 0 Å². The van der Waals surface area contributed by atoms with Gasteiger partial charge in [0, 0.05) is 9.75 Å². The molecule has 1 atom stereocenters. The second-order valence-corrected chi connectivity index (χ2v) is 6.57. The van der Waals surface area contributed by atoms with Gasteiger partial charge in [-0.25, -0.2) is 4.39 Å². The van der Waals surface area contributed by atoms with Gasteiger partial charge in [-0.15, -0.1) is 11.3 Å². The number of hydrogen-bond acceptors (Lipinski definition) is 3. The number of halogens is 1. The minimum atomic E-state index is -1.22. The second kappa shape index (κ2) is 5.63. The molecule has 0 aliphatic heterocycles. The molecule has 1 heterocycles. The highest BCUT2D eigenvalue weighted by molar-refractivity contribution is 7.84. The Morgan fingerprint density at radius 2 is 2.00 bits per heavy atom. The van der Waals surface area contributed by atoms with Crippen LogP contribution in [0.25, 0.3) is 0 Å². The van der Waals surface area contributed by atoms with Gasteiger partial charge in [-0.2, -0.15) is 0 Å². The molecule has 5 heteroatoms. The van der Waals surface area contributed by atoms with Crippen LogP contribution in [0.15, 0.2) is 35.2 Å². The molecular weight excluding hydrogens is 269 g/mol. The molecule has 1 aromatic heterocycles. The van der Waals surface area contributed by atoms with Crippen molar-refractivity contribution in [3.05, 3.63) is 45.9 Å². The van der Waals surface area contributed by atoms with Gasteiger partial charge in [0.25, 0.3) is 0 Å². The smallest absolute Gasteiger partial charge is 0.125 e. The Morgan fingerprint density at radius 1 is 1.28 bits per heavy atom. The van der Waals surface area contributed by atoms with Crippen LogP contribution >= 0.6 is 11.3 Å². The first-order valence-corrected chi connectivity index (χ1v) is 7.74. The number of thiophene rings is 1. The highest BCUT2D eigenvalue weighted by Crippen LogP contribution is 2.24. The molecule has 96 valence electrons. The molecule has 2 rings (SSSR count). The summed E-state index contributed by atoms with van der Waals surface area (Å²) in [5, 5.41) is 0. The minimum absolute atomic E-state index is 0.251. The van der Waals surface area contributed by atoms with E-state index in [0.717, 1.165) is 11.3 Å². The Morgan fingerprint density at radius 3 is 2.61 bits per heavy atom. The van der Waals surface area contributed by atoms with E-state index in [4.69, 9.17) is 5.73 Å². The van der Waals surface area contributed by atoms with Crippen molar-refractivity contribution in [3.63, 3.8) is 0 Å². The van der Waals surface area contributed by atoms with Crippen LogP contribution in [-0.4, -0.2) is 4.21 Å². The summed E-state index contributed by atoms with van der Waals surface area (Å²) in [7, 11) is -1.22. The molecule has 1 unspecified atom stereocenters. The van der Waals surface area contributed by atoms with E-state index < -0.39 is 16.6 Å². The second-order valence-electron chi connectivity index (χ2n) is 3.89. The highest BCUT2D eigenvalue weighted by Gasteiger charge is 2.11. The Balaban J connectivity index is 2.16. The van der Waals surface area contributed by atoms with E-state index >= 15 is 0 Å².